The number of pyridine rings is 1. The maximum absolute atomic E-state index is 4.37. The van der Waals surface area contributed by atoms with E-state index < -0.39 is 0 Å². The number of benzene rings is 1. The highest BCUT2D eigenvalue weighted by Crippen LogP contribution is 2.16. The van der Waals surface area contributed by atoms with E-state index in [4.69, 9.17) is 0 Å². The summed E-state index contributed by atoms with van der Waals surface area (Å²) in [6.07, 6.45) is 4.03. The molecule has 2 nitrogen and oxygen atoms in total. The molecule has 0 amide bonds. The Morgan fingerprint density at radius 2 is 2.12 bits per heavy atom. The van der Waals surface area contributed by atoms with Crippen molar-refractivity contribution in [2.24, 2.45) is 0 Å². The van der Waals surface area contributed by atoms with Crippen LogP contribution in [0.15, 0.2) is 36.5 Å². The number of para-hydroxylation sites is 1. The van der Waals surface area contributed by atoms with Crippen LogP contribution in [0.4, 0.5) is 0 Å². The number of thioether (sulfide) groups is 1. The minimum absolute atomic E-state index is 0.539. The number of hydrogen-bond acceptors (Lipinski definition) is 3. The van der Waals surface area contributed by atoms with Crippen LogP contribution >= 0.6 is 11.8 Å². The van der Waals surface area contributed by atoms with Crippen LogP contribution in [0.3, 0.4) is 0 Å². The van der Waals surface area contributed by atoms with Crippen LogP contribution in [0.1, 0.15) is 12.5 Å². The molecule has 90 valence electrons. The van der Waals surface area contributed by atoms with Crippen molar-refractivity contribution in [3.63, 3.8) is 0 Å². The summed E-state index contributed by atoms with van der Waals surface area (Å²) in [6, 6.07) is 10.9. The smallest absolute Gasteiger partial charge is 0.0705 e. The Balaban J connectivity index is 2.13. The summed E-state index contributed by atoms with van der Waals surface area (Å²) in [7, 11) is 0. The Hall–Kier alpha value is -1.06. The fourth-order valence-electron chi connectivity index (χ4n) is 1.90. The molecule has 0 aliphatic carbocycles. The highest BCUT2D eigenvalue weighted by atomic mass is 32.2. The van der Waals surface area contributed by atoms with Gasteiger partial charge in [-0.2, -0.15) is 11.8 Å². The molecule has 0 spiro atoms. The van der Waals surface area contributed by atoms with Gasteiger partial charge in [-0.25, -0.2) is 0 Å². The van der Waals surface area contributed by atoms with E-state index in [0.717, 1.165) is 17.8 Å². The van der Waals surface area contributed by atoms with E-state index >= 15 is 0 Å². The van der Waals surface area contributed by atoms with Gasteiger partial charge in [-0.05, 0) is 30.9 Å². The van der Waals surface area contributed by atoms with Crippen LogP contribution in [-0.4, -0.2) is 23.0 Å². The van der Waals surface area contributed by atoms with Crippen molar-refractivity contribution in [2.45, 2.75) is 19.5 Å². The third-order valence-corrected chi connectivity index (χ3v) is 3.63. The molecular formula is C14H18N2S. The van der Waals surface area contributed by atoms with Crippen molar-refractivity contribution in [1.82, 2.24) is 10.3 Å². The molecule has 0 fully saturated rings. The minimum atomic E-state index is 0.539. The second kappa shape index (κ2) is 6.03. The summed E-state index contributed by atoms with van der Waals surface area (Å²) in [6.45, 7) is 3.13. The number of nitrogens with one attached hydrogen (secondary N) is 1. The molecule has 1 unspecified atom stereocenters. The second-order valence-corrected chi connectivity index (χ2v) is 5.14. The minimum Gasteiger partial charge on any atom is -0.309 e. The molecule has 1 aromatic carbocycles. The largest absolute Gasteiger partial charge is 0.309 e. The molecule has 1 N–H and O–H groups in total. The van der Waals surface area contributed by atoms with Crippen LogP contribution in [0, 0.1) is 0 Å². The Morgan fingerprint density at radius 1 is 1.29 bits per heavy atom. The first-order chi connectivity index (χ1) is 8.31. The summed E-state index contributed by atoms with van der Waals surface area (Å²) in [5, 5.41) is 4.79. The van der Waals surface area contributed by atoms with Gasteiger partial charge < -0.3 is 5.32 Å². The standard InChI is InChI=1S/C14H18N2S/c1-11(10-17-2)16-9-12-7-8-15-14-6-4-3-5-13(12)14/h3-8,11,16H,9-10H2,1-2H3. The Kier molecular flexibility index (Phi) is 4.40. The molecular weight excluding hydrogens is 228 g/mol. The highest BCUT2D eigenvalue weighted by Gasteiger charge is 2.03. The fourth-order valence-corrected chi connectivity index (χ4v) is 2.52. The molecule has 2 rings (SSSR count). The van der Waals surface area contributed by atoms with Gasteiger partial charge in [0.2, 0.25) is 0 Å². The third-order valence-electron chi connectivity index (χ3n) is 2.80. The lowest BCUT2D eigenvalue weighted by molar-refractivity contribution is 0.598. The van der Waals surface area contributed by atoms with Crippen LogP contribution in [0.25, 0.3) is 10.9 Å². The molecule has 0 radical (unpaired) electrons. The summed E-state index contributed by atoms with van der Waals surface area (Å²) in [5.74, 6) is 1.14. The molecule has 0 saturated carbocycles. The van der Waals surface area contributed by atoms with Crippen LogP contribution < -0.4 is 5.32 Å². The van der Waals surface area contributed by atoms with Crippen molar-refractivity contribution >= 4 is 22.7 Å². The first kappa shape index (κ1) is 12.4. The van der Waals surface area contributed by atoms with Gasteiger partial charge in [-0.3, -0.25) is 4.98 Å². The van der Waals surface area contributed by atoms with E-state index in [9.17, 15) is 0 Å². The molecule has 0 saturated heterocycles. The molecule has 3 heteroatoms. The average Bonchev–Trinajstić information content (AvgIpc) is 2.36. The molecule has 2 aromatic rings. The van der Waals surface area contributed by atoms with Crippen molar-refractivity contribution < 1.29 is 0 Å². The van der Waals surface area contributed by atoms with Crippen LogP contribution in [-0.2, 0) is 6.54 Å². The van der Waals surface area contributed by atoms with E-state index in [1.807, 2.05) is 24.0 Å². The van der Waals surface area contributed by atoms with E-state index in [0.29, 0.717) is 6.04 Å². The molecule has 1 atom stereocenters. The quantitative estimate of drug-likeness (QED) is 0.877. The van der Waals surface area contributed by atoms with Gasteiger partial charge in [0, 0.05) is 29.9 Å². The number of aromatic nitrogens is 1. The summed E-state index contributed by atoms with van der Waals surface area (Å²) >= 11 is 1.87. The van der Waals surface area contributed by atoms with Crippen LogP contribution in [0.2, 0.25) is 0 Å². The van der Waals surface area contributed by atoms with Gasteiger partial charge in [0.05, 0.1) is 5.52 Å². The molecule has 0 aliphatic rings. The Bertz CT molecular complexity index is 479. The van der Waals surface area contributed by atoms with E-state index in [1.54, 1.807) is 0 Å². The van der Waals surface area contributed by atoms with Crippen molar-refractivity contribution in [3.8, 4) is 0 Å². The van der Waals surface area contributed by atoms with Gasteiger partial charge in [0.1, 0.15) is 0 Å². The number of fused-ring (bicyclic) bond motifs is 1. The van der Waals surface area contributed by atoms with Gasteiger partial charge in [-0.15, -0.1) is 0 Å². The normalized spacial score (nSPS) is 12.8. The van der Waals surface area contributed by atoms with Crippen molar-refractivity contribution in [3.05, 3.63) is 42.1 Å². The van der Waals surface area contributed by atoms with Gasteiger partial charge in [-0.1, -0.05) is 18.2 Å². The molecule has 17 heavy (non-hydrogen) atoms. The highest BCUT2D eigenvalue weighted by molar-refractivity contribution is 7.98. The zero-order valence-corrected chi connectivity index (χ0v) is 11.1. The van der Waals surface area contributed by atoms with Gasteiger partial charge >= 0.3 is 0 Å². The number of rotatable bonds is 5. The van der Waals surface area contributed by atoms with Crippen LogP contribution in [0.5, 0.6) is 0 Å². The Morgan fingerprint density at radius 3 is 2.94 bits per heavy atom. The lowest BCUT2D eigenvalue weighted by Gasteiger charge is -2.13. The zero-order valence-electron chi connectivity index (χ0n) is 10.3. The predicted molar refractivity (Wildman–Crippen MR) is 76.4 cm³/mol. The first-order valence-corrected chi connectivity index (χ1v) is 7.25. The van der Waals surface area contributed by atoms with Crippen molar-refractivity contribution in [2.75, 3.05) is 12.0 Å². The topological polar surface area (TPSA) is 24.9 Å². The maximum atomic E-state index is 4.37. The van der Waals surface area contributed by atoms with Gasteiger partial charge in [0.25, 0.3) is 0 Å². The molecule has 0 aliphatic heterocycles. The lowest BCUT2D eigenvalue weighted by atomic mass is 10.1. The summed E-state index contributed by atoms with van der Waals surface area (Å²) in [5.41, 5.74) is 2.40. The summed E-state index contributed by atoms with van der Waals surface area (Å²) < 4.78 is 0. The average molecular weight is 246 g/mol. The fraction of sp³-hybridized carbons (Fsp3) is 0.357. The molecule has 1 heterocycles. The van der Waals surface area contributed by atoms with Gasteiger partial charge in [0.15, 0.2) is 0 Å². The monoisotopic (exact) mass is 246 g/mol. The SMILES string of the molecule is CSCC(C)NCc1ccnc2ccccc12. The Labute approximate surface area is 107 Å². The second-order valence-electron chi connectivity index (χ2n) is 4.22. The van der Waals surface area contributed by atoms with E-state index in [-0.39, 0.29) is 0 Å². The number of nitrogens with zero attached hydrogens (tertiary/aromatic N) is 1. The zero-order chi connectivity index (χ0) is 12.1. The molecule has 1 aromatic heterocycles. The molecule has 0 bridgehead atoms. The first-order valence-electron chi connectivity index (χ1n) is 5.86. The van der Waals surface area contributed by atoms with Crippen molar-refractivity contribution in [1.29, 1.82) is 0 Å². The summed E-state index contributed by atoms with van der Waals surface area (Å²) in [4.78, 5) is 4.37. The predicted octanol–water partition coefficient (Wildman–Crippen LogP) is 3.08. The number of hydrogen-bond donors (Lipinski definition) is 1. The van der Waals surface area contributed by atoms with E-state index in [2.05, 4.69) is 47.7 Å². The maximum Gasteiger partial charge on any atom is 0.0705 e. The van der Waals surface area contributed by atoms with E-state index in [1.165, 1.54) is 10.9 Å². The third kappa shape index (κ3) is 3.20. The lowest BCUT2D eigenvalue weighted by Crippen LogP contribution is -2.27.